The number of aromatic nitrogens is 2. The summed E-state index contributed by atoms with van der Waals surface area (Å²) in [5.41, 5.74) is 12.0. The van der Waals surface area contributed by atoms with E-state index in [0.29, 0.717) is 0 Å². The average molecular weight is 449 g/mol. The topological polar surface area (TPSA) is 17.8 Å². The summed E-state index contributed by atoms with van der Waals surface area (Å²) in [5, 5.41) is 4.65. The summed E-state index contributed by atoms with van der Waals surface area (Å²) in [6.07, 6.45) is 7.46. The molecule has 5 rings (SSSR count). The highest BCUT2D eigenvalue weighted by molar-refractivity contribution is 5.84. The van der Waals surface area contributed by atoms with Crippen LogP contribution in [0, 0.1) is 13.8 Å². The molecule has 0 fully saturated rings. The highest BCUT2D eigenvalue weighted by Crippen LogP contribution is 2.54. The van der Waals surface area contributed by atoms with E-state index in [1.807, 2.05) is 11.6 Å². The molecule has 0 radical (unpaired) electrons. The summed E-state index contributed by atoms with van der Waals surface area (Å²) in [6.45, 7) is 8.79. The lowest BCUT2D eigenvalue weighted by Crippen LogP contribution is -2.25. The summed E-state index contributed by atoms with van der Waals surface area (Å²) in [6, 6.07) is 27.3. The van der Waals surface area contributed by atoms with Crippen molar-refractivity contribution >= 4 is 0 Å². The molecule has 2 nitrogen and oxygen atoms in total. The Morgan fingerprint density at radius 2 is 1.35 bits per heavy atom. The van der Waals surface area contributed by atoms with E-state index in [0.717, 1.165) is 17.1 Å². The molecule has 0 N–H and O–H groups in total. The lowest BCUT2D eigenvalue weighted by Gasteiger charge is -2.33. The van der Waals surface area contributed by atoms with E-state index >= 15 is 0 Å². The average Bonchev–Trinajstić information content (AvgIpc) is 3.35. The van der Waals surface area contributed by atoms with Crippen LogP contribution in [0.25, 0.3) is 27.9 Å². The highest BCUT2D eigenvalue weighted by atomic mass is 15.3. The summed E-state index contributed by atoms with van der Waals surface area (Å²) in [7, 11) is 0. The molecule has 1 heterocycles. The van der Waals surface area contributed by atoms with Gasteiger partial charge in [-0.25, -0.2) is 4.68 Å². The van der Waals surface area contributed by atoms with Gasteiger partial charge in [0.15, 0.2) is 0 Å². The number of hydrogen-bond donors (Lipinski definition) is 0. The minimum atomic E-state index is 0.137. The summed E-state index contributed by atoms with van der Waals surface area (Å²) >= 11 is 0. The first-order valence-electron chi connectivity index (χ1n) is 13.0. The molecule has 0 saturated heterocycles. The van der Waals surface area contributed by atoms with Gasteiger partial charge in [0.25, 0.3) is 0 Å². The normalized spacial score (nSPS) is 13.6. The van der Waals surface area contributed by atoms with E-state index in [2.05, 4.69) is 98.7 Å². The van der Waals surface area contributed by atoms with Crippen molar-refractivity contribution in [3.05, 3.63) is 95.3 Å². The molecule has 0 unspecified atom stereocenters. The standard InChI is InChI=1S/C32H36N2/c1-5-7-19-32(20-8-6-2)30-12-10-9-11-28(30)29-18-15-26(22-31(29)32)25-13-16-27(17-14-25)34-24(4)21-23(3)33-34/h9-18,21-22H,5-8,19-20H2,1-4H3. The Bertz CT molecular complexity index is 1290. The van der Waals surface area contributed by atoms with Crippen molar-refractivity contribution in [3.63, 3.8) is 0 Å². The van der Waals surface area contributed by atoms with Gasteiger partial charge >= 0.3 is 0 Å². The van der Waals surface area contributed by atoms with E-state index in [1.165, 1.54) is 66.3 Å². The van der Waals surface area contributed by atoms with Crippen LogP contribution in [-0.2, 0) is 5.41 Å². The van der Waals surface area contributed by atoms with Crippen LogP contribution in [0.1, 0.15) is 74.9 Å². The molecular weight excluding hydrogens is 412 g/mol. The van der Waals surface area contributed by atoms with Crippen LogP contribution in [0.5, 0.6) is 0 Å². The first-order valence-corrected chi connectivity index (χ1v) is 13.0. The van der Waals surface area contributed by atoms with Gasteiger partial charge in [-0.3, -0.25) is 0 Å². The SMILES string of the molecule is CCCCC1(CCCC)c2ccccc2-c2ccc(-c3ccc(-n4nc(C)cc4C)cc3)cc21. The molecule has 0 atom stereocenters. The summed E-state index contributed by atoms with van der Waals surface area (Å²) in [5.74, 6) is 0. The Hall–Kier alpha value is -3.13. The second-order valence-electron chi connectivity index (χ2n) is 9.98. The predicted octanol–water partition coefficient (Wildman–Crippen LogP) is 8.80. The maximum absolute atomic E-state index is 4.65. The van der Waals surface area contributed by atoms with Crippen LogP contribution in [-0.4, -0.2) is 9.78 Å². The van der Waals surface area contributed by atoms with Crippen molar-refractivity contribution in [2.45, 2.75) is 71.6 Å². The van der Waals surface area contributed by atoms with E-state index in [9.17, 15) is 0 Å². The molecule has 2 heteroatoms. The Balaban J connectivity index is 1.58. The summed E-state index contributed by atoms with van der Waals surface area (Å²) in [4.78, 5) is 0. The Morgan fingerprint density at radius 1 is 0.706 bits per heavy atom. The van der Waals surface area contributed by atoms with Crippen LogP contribution in [0.3, 0.4) is 0 Å². The van der Waals surface area contributed by atoms with Crippen LogP contribution in [0.2, 0.25) is 0 Å². The van der Waals surface area contributed by atoms with Gasteiger partial charge in [-0.2, -0.15) is 5.10 Å². The third-order valence-corrected chi connectivity index (χ3v) is 7.64. The fourth-order valence-electron chi connectivity index (χ4n) is 5.94. The van der Waals surface area contributed by atoms with Crippen molar-refractivity contribution in [1.29, 1.82) is 0 Å². The predicted molar refractivity (Wildman–Crippen MR) is 144 cm³/mol. The van der Waals surface area contributed by atoms with Crippen LogP contribution in [0.15, 0.2) is 72.8 Å². The quantitative estimate of drug-likeness (QED) is 0.263. The number of rotatable bonds is 8. The Morgan fingerprint density at radius 3 is 2.00 bits per heavy atom. The molecule has 0 aliphatic heterocycles. The number of hydrogen-bond acceptors (Lipinski definition) is 1. The molecule has 0 saturated carbocycles. The molecular formula is C32H36N2. The van der Waals surface area contributed by atoms with Crippen molar-refractivity contribution in [3.8, 4) is 27.9 Å². The lowest BCUT2D eigenvalue weighted by molar-refractivity contribution is 0.414. The minimum Gasteiger partial charge on any atom is -0.238 e. The van der Waals surface area contributed by atoms with E-state index < -0.39 is 0 Å². The van der Waals surface area contributed by atoms with Gasteiger partial charge in [-0.05, 0) is 84.3 Å². The molecule has 34 heavy (non-hydrogen) atoms. The van der Waals surface area contributed by atoms with Crippen LogP contribution >= 0.6 is 0 Å². The van der Waals surface area contributed by atoms with E-state index in [1.54, 1.807) is 5.56 Å². The molecule has 1 aliphatic rings. The van der Waals surface area contributed by atoms with Crippen molar-refractivity contribution < 1.29 is 0 Å². The first kappa shape index (κ1) is 22.7. The molecule has 0 spiro atoms. The lowest BCUT2D eigenvalue weighted by atomic mass is 9.70. The van der Waals surface area contributed by atoms with Gasteiger partial charge in [0.05, 0.1) is 11.4 Å². The highest BCUT2D eigenvalue weighted by Gasteiger charge is 2.41. The van der Waals surface area contributed by atoms with Gasteiger partial charge in [-0.15, -0.1) is 0 Å². The zero-order chi connectivity index (χ0) is 23.7. The largest absolute Gasteiger partial charge is 0.238 e. The molecule has 0 amide bonds. The van der Waals surface area contributed by atoms with Gasteiger partial charge in [0.2, 0.25) is 0 Å². The van der Waals surface area contributed by atoms with Gasteiger partial charge in [0, 0.05) is 11.1 Å². The second-order valence-corrected chi connectivity index (χ2v) is 9.98. The zero-order valence-electron chi connectivity index (χ0n) is 21.1. The molecule has 1 aromatic heterocycles. The van der Waals surface area contributed by atoms with E-state index in [-0.39, 0.29) is 5.41 Å². The maximum atomic E-state index is 4.65. The molecule has 4 aromatic rings. The van der Waals surface area contributed by atoms with Crippen molar-refractivity contribution in [1.82, 2.24) is 9.78 Å². The smallest absolute Gasteiger partial charge is 0.0649 e. The fraction of sp³-hybridized carbons (Fsp3) is 0.344. The van der Waals surface area contributed by atoms with Crippen molar-refractivity contribution in [2.75, 3.05) is 0 Å². The molecule has 174 valence electrons. The van der Waals surface area contributed by atoms with E-state index in [4.69, 9.17) is 0 Å². The second kappa shape index (κ2) is 9.25. The first-order chi connectivity index (χ1) is 16.6. The number of nitrogens with zero attached hydrogens (tertiary/aromatic N) is 2. The number of fused-ring (bicyclic) bond motifs is 3. The number of aryl methyl sites for hydroxylation is 2. The molecule has 1 aliphatic carbocycles. The zero-order valence-corrected chi connectivity index (χ0v) is 21.1. The maximum Gasteiger partial charge on any atom is 0.0649 e. The van der Waals surface area contributed by atoms with Crippen molar-refractivity contribution in [2.24, 2.45) is 0 Å². The van der Waals surface area contributed by atoms with Gasteiger partial charge in [-0.1, -0.05) is 88.1 Å². The molecule has 3 aromatic carbocycles. The van der Waals surface area contributed by atoms with Crippen LogP contribution in [0.4, 0.5) is 0 Å². The Labute approximate surface area is 204 Å². The van der Waals surface area contributed by atoms with Crippen LogP contribution < -0.4 is 0 Å². The Kier molecular flexibility index (Phi) is 6.16. The third kappa shape index (κ3) is 3.79. The number of unbranched alkanes of at least 4 members (excludes halogenated alkanes) is 2. The van der Waals surface area contributed by atoms with Gasteiger partial charge < -0.3 is 0 Å². The van der Waals surface area contributed by atoms with Gasteiger partial charge in [0.1, 0.15) is 0 Å². The third-order valence-electron chi connectivity index (χ3n) is 7.64. The summed E-state index contributed by atoms with van der Waals surface area (Å²) < 4.78 is 2.03. The fourth-order valence-corrected chi connectivity index (χ4v) is 5.94. The minimum absolute atomic E-state index is 0.137. The number of benzene rings is 3. The monoisotopic (exact) mass is 448 g/mol. The molecule has 0 bridgehead atoms.